The third-order valence-electron chi connectivity index (χ3n) is 9.92. The number of nitrogens with one attached hydrogen (secondary N) is 1. The Kier molecular flexibility index (Phi) is 15.1. The van der Waals surface area contributed by atoms with Gasteiger partial charge in [-0.2, -0.15) is 0 Å². The summed E-state index contributed by atoms with van der Waals surface area (Å²) in [6.45, 7) is 9.46. The van der Waals surface area contributed by atoms with Crippen molar-refractivity contribution in [3.05, 3.63) is 128 Å². The van der Waals surface area contributed by atoms with Crippen LogP contribution in [0.4, 0.5) is 0 Å². The first kappa shape index (κ1) is 44.5. The topological polar surface area (TPSA) is 172 Å². The molecule has 0 saturated carbocycles. The second-order valence-corrected chi connectivity index (χ2v) is 18.3. The fraction of sp³-hybridized carbons (Fsp3) is 0.439. The molecule has 1 saturated heterocycles. The summed E-state index contributed by atoms with van der Waals surface area (Å²) in [7, 11) is 0.704. The van der Waals surface area contributed by atoms with Gasteiger partial charge in [0.25, 0.3) is 0 Å². The quantitative estimate of drug-likeness (QED) is 0.0526. The Bertz CT molecular complexity index is 2020. The van der Waals surface area contributed by atoms with E-state index in [1.54, 1.807) is 25.9 Å². The first-order valence-corrected chi connectivity index (χ1v) is 23.2. The molecule has 5 atom stereocenters. The van der Waals surface area contributed by atoms with Gasteiger partial charge in [0.15, 0.2) is 0 Å². The van der Waals surface area contributed by atoms with Gasteiger partial charge in [-0.1, -0.05) is 0 Å². The molecule has 1 aliphatic heterocycles. The van der Waals surface area contributed by atoms with Crippen molar-refractivity contribution in [1.82, 2.24) is 19.3 Å². The van der Waals surface area contributed by atoms with Gasteiger partial charge in [0.2, 0.25) is 0 Å². The summed E-state index contributed by atoms with van der Waals surface area (Å²) in [4.78, 5) is 42.1. The maximum absolute atomic E-state index is 13.4. The number of aromatic amines is 1. The van der Waals surface area contributed by atoms with Crippen LogP contribution in [0.3, 0.4) is 0 Å². The number of aryl methyl sites for hydroxylation is 1. The van der Waals surface area contributed by atoms with Crippen LogP contribution < -0.4 is 20.7 Å². The van der Waals surface area contributed by atoms with Crippen molar-refractivity contribution in [2.75, 3.05) is 27.4 Å². The molecular formula is C41H52N5O9PTe. The number of aliphatic hydroxyl groups is 1. The van der Waals surface area contributed by atoms with Crippen LogP contribution in [-0.4, -0.2) is 106 Å². The zero-order valence-corrected chi connectivity index (χ0v) is 36.7. The van der Waals surface area contributed by atoms with E-state index in [0.717, 1.165) is 16.7 Å². The van der Waals surface area contributed by atoms with Crippen LogP contribution in [-0.2, 0) is 19.6 Å². The second kappa shape index (κ2) is 19.4. The Morgan fingerprint density at radius 3 is 2.00 bits per heavy atom. The van der Waals surface area contributed by atoms with Crippen molar-refractivity contribution in [3.63, 3.8) is 0 Å². The van der Waals surface area contributed by atoms with Crippen molar-refractivity contribution >= 4 is 29.4 Å². The van der Waals surface area contributed by atoms with Crippen molar-refractivity contribution < 1.29 is 33.5 Å². The van der Waals surface area contributed by atoms with Crippen LogP contribution in [0.25, 0.3) is 0 Å². The number of methoxy groups -OCH3 is 2. The number of nitrogens with zero attached hydrogens (tertiary/aromatic N) is 4. The van der Waals surface area contributed by atoms with Gasteiger partial charge < -0.3 is 0 Å². The van der Waals surface area contributed by atoms with Crippen LogP contribution in [0.1, 0.15) is 62.6 Å². The van der Waals surface area contributed by atoms with Gasteiger partial charge >= 0.3 is 346 Å². The number of benzene rings is 3. The minimum atomic E-state index is -2.49. The van der Waals surface area contributed by atoms with E-state index in [4.69, 9.17) is 23.5 Å². The number of H-pyrrole nitrogens is 1. The standard InChI is InChI=1S/C41H52N5O9PTe/c1-27(2)46(28(3)4)45(24-12-23-42)56(50)55-36-35(54-38(41(36,49)57-8)44-25-29(5)37(47)43-39(44)48)26-53-40(30-13-10-9-11-14-30,31-15-19-33(51-6)20-16-31)32-17-21-34(52-7)22-18-32/h9-11,13-22,25,27-28,35-36,38,49-50H,12,24,26H2,1-8H3,(H,43,47,48)/t35-,36-,38-,41+,56?/m1/s1. The van der Waals surface area contributed by atoms with Gasteiger partial charge in [-0.25, -0.2) is 0 Å². The summed E-state index contributed by atoms with van der Waals surface area (Å²) in [6.07, 6.45) is -2.12. The normalized spacial score (nSPS) is 20.3. The average Bonchev–Trinajstić information content (AvgIpc) is 3.48. The molecule has 1 fully saturated rings. The molecule has 1 aromatic heterocycles. The van der Waals surface area contributed by atoms with Crippen LogP contribution in [0.2, 0.25) is 4.97 Å². The summed E-state index contributed by atoms with van der Waals surface area (Å²) < 4.78 is 32.5. The first-order valence-electron chi connectivity index (χ1n) is 18.6. The third-order valence-corrected chi connectivity index (χ3v) is 14.2. The van der Waals surface area contributed by atoms with Crippen molar-refractivity contribution in [2.45, 2.75) is 85.8 Å². The molecule has 16 heteroatoms. The molecule has 3 aromatic carbocycles. The molecule has 2 heterocycles. The third kappa shape index (κ3) is 9.32. The van der Waals surface area contributed by atoms with Crippen molar-refractivity contribution in [1.29, 1.82) is 5.26 Å². The van der Waals surface area contributed by atoms with E-state index in [-0.39, 0.29) is 37.2 Å². The van der Waals surface area contributed by atoms with Crippen molar-refractivity contribution in [3.8, 4) is 17.6 Å². The molecule has 1 aliphatic rings. The van der Waals surface area contributed by atoms with Gasteiger partial charge in [0, 0.05) is 0 Å². The summed E-state index contributed by atoms with van der Waals surface area (Å²) in [5, 5.41) is 24.3. The molecule has 57 heavy (non-hydrogen) atoms. The number of nitriles is 1. The minimum absolute atomic E-state index is 0.0711. The second-order valence-electron chi connectivity index (χ2n) is 14.1. The van der Waals surface area contributed by atoms with Gasteiger partial charge in [-0.05, 0) is 0 Å². The zero-order valence-electron chi connectivity index (χ0n) is 33.5. The van der Waals surface area contributed by atoms with Gasteiger partial charge in [0.1, 0.15) is 0 Å². The predicted molar refractivity (Wildman–Crippen MR) is 218 cm³/mol. The fourth-order valence-electron chi connectivity index (χ4n) is 7.26. The van der Waals surface area contributed by atoms with E-state index in [1.807, 2.05) is 117 Å². The number of rotatable bonds is 18. The molecule has 0 spiro atoms. The molecule has 14 nitrogen and oxygen atoms in total. The van der Waals surface area contributed by atoms with E-state index < -0.39 is 68.4 Å². The Morgan fingerprint density at radius 2 is 1.51 bits per heavy atom. The Balaban J connectivity index is 1.68. The van der Waals surface area contributed by atoms with Crippen molar-refractivity contribution in [2.24, 2.45) is 0 Å². The Labute approximate surface area is 344 Å². The van der Waals surface area contributed by atoms with E-state index in [2.05, 4.69) is 11.1 Å². The Morgan fingerprint density at radius 1 is 0.965 bits per heavy atom. The van der Waals surface area contributed by atoms with E-state index in [0.29, 0.717) is 11.5 Å². The molecule has 0 aliphatic carbocycles. The zero-order chi connectivity index (χ0) is 41.5. The van der Waals surface area contributed by atoms with Gasteiger partial charge in [-0.15, -0.1) is 0 Å². The molecule has 0 amide bonds. The monoisotopic (exact) mass is 919 g/mol. The number of aromatic nitrogens is 2. The van der Waals surface area contributed by atoms with Gasteiger partial charge in [-0.3, -0.25) is 0 Å². The van der Waals surface area contributed by atoms with E-state index in [9.17, 15) is 24.9 Å². The summed E-state index contributed by atoms with van der Waals surface area (Å²) in [5.74, 6) is 1.30. The van der Waals surface area contributed by atoms with Crippen LogP contribution in [0.5, 0.6) is 11.5 Å². The number of ether oxygens (including phenoxy) is 4. The predicted octanol–water partition coefficient (Wildman–Crippen LogP) is 5.06. The molecule has 0 bridgehead atoms. The molecule has 5 rings (SSSR count). The number of hydrazine groups is 1. The molecule has 306 valence electrons. The summed E-state index contributed by atoms with van der Waals surface area (Å²) in [6, 6.07) is 26.8. The number of hydrogen-bond donors (Lipinski definition) is 3. The van der Waals surface area contributed by atoms with Crippen LogP contribution in [0, 0.1) is 18.3 Å². The van der Waals surface area contributed by atoms with Crippen LogP contribution >= 0.6 is 8.53 Å². The Hall–Kier alpha value is -3.63. The summed E-state index contributed by atoms with van der Waals surface area (Å²) in [5.41, 5.74) is -0.0418. The van der Waals surface area contributed by atoms with Gasteiger partial charge in [0.05, 0.1) is 0 Å². The fourth-order valence-corrected chi connectivity index (χ4v) is 11.2. The molecule has 1 unspecified atom stereocenters. The molecular weight excluding hydrogens is 865 g/mol. The molecule has 3 N–H and O–H groups in total. The number of hydrogen-bond acceptors (Lipinski definition) is 12. The SMILES string of the molecule is COc1ccc(C(OC[C@H]2O[C@@H](n3cc(C)c(=O)[nH]c3=O)[C@@](O)([Te]C)[C@@H]2OP(O)N(CCC#N)N(C(C)C)C(C)C)(c2ccccc2)c2ccc(OC)cc2)cc1. The average molecular weight is 917 g/mol. The maximum atomic E-state index is 13.4. The first-order chi connectivity index (χ1) is 27.2. The summed E-state index contributed by atoms with van der Waals surface area (Å²) >= 11 is -1.48. The molecule has 0 radical (unpaired) electrons. The van der Waals surface area contributed by atoms with Crippen LogP contribution in [0.15, 0.2) is 94.6 Å². The van der Waals surface area contributed by atoms with E-state index >= 15 is 0 Å². The van der Waals surface area contributed by atoms with E-state index in [1.165, 1.54) is 10.8 Å². The molecule has 4 aromatic rings.